The second kappa shape index (κ2) is 9.80. The Labute approximate surface area is 227 Å². The van der Waals surface area contributed by atoms with Crippen molar-refractivity contribution in [1.82, 2.24) is 29.5 Å². The van der Waals surface area contributed by atoms with Crippen molar-refractivity contribution in [2.24, 2.45) is 11.1 Å². The summed E-state index contributed by atoms with van der Waals surface area (Å²) in [7, 11) is -2.78. The zero-order valence-corrected chi connectivity index (χ0v) is 22.9. The zero-order valence-electron chi connectivity index (χ0n) is 22.1. The van der Waals surface area contributed by atoms with Gasteiger partial charge in [-0.2, -0.15) is 0 Å². The van der Waals surface area contributed by atoms with Crippen molar-refractivity contribution in [2.45, 2.75) is 69.4 Å². The Bertz CT molecular complexity index is 1730. The second-order valence-corrected chi connectivity index (χ2v) is 12.6. The molecule has 39 heavy (non-hydrogen) atoms. The van der Waals surface area contributed by atoms with E-state index in [1.165, 1.54) is 6.42 Å². The molecule has 0 amide bonds. The van der Waals surface area contributed by atoms with Gasteiger partial charge in [-0.1, -0.05) is 18.6 Å². The number of rotatable bonds is 8. The van der Waals surface area contributed by atoms with Gasteiger partial charge in [0, 0.05) is 23.4 Å². The largest absolute Gasteiger partial charge is 0.361 e. The van der Waals surface area contributed by atoms with Crippen LogP contribution in [-0.4, -0.2) is 39.6 Å². The van der Waals surface area contributed by atoms with Crippen LogP contribution in [0.15, 0.2) is 46.5 Å². The SMILES string of the molecule is C=S(N)(=O)c1ccc(CNc2nc3cnc(-c4c(C)ncnc4C4CC4)nc3n([C@@H](C)C3CCC3)c2=O)cc1. The number of anilines is 1. The van der Waals surface area contributed by atoms with Crippen molar-refractivity contribution in [2.75, 3.05) is 5.32 Å². The number of hydrogen-bond acceptors (Lipinski definition) is 8. The Morgan fingerprint density at radius 3 is 2.51 bits per heavy atom. The fourth-order valence-electron chi connectivity index (χ4n) is 5.21. The van der Waals surface area contributed by atoms with Gasteiger partial charge < -0.3 is 5.32 Å². The second-order valence-electron chi connectivity index (χ2n) is 10.7. The van der Waals surface area contributed by atoms with E-state index < -0.39 is 9.71 Å². The van der Waals surface area contributed by atoms with E-state index >= 15 is 0 Å². The van der Waals surface area contributed by atoms with Crippen LogP contribution >= 0.6 is 0 Å². The maximum Gasteiger partial charge on any atom is 0.295 e. The highest BCUT2D eigenvalue weighted by atomic mass is 32.2. The topological polar surface area (TPSA) is 142 Å². The summed E-state index contributed by atoms with van der Waals surface area (Å²) in [5.74, 6) is 5.10. The van der Waals surface area contributed by atoms with Gasteiger partial charge in [0.15, 0.2) is 17.3 Å². The van der Waals surface area contributed by atoms with Crippen molar-refractivity contribution >= 4 is 32.6 Å². The predicted octanol–water partition coefficient (Wildman–Crippen LogP) is 3.75. The summed E-state index contributed by atoms with van der Waals surface area (Å²) in [6.07, 6.45) is 8.82. The van der Waals surface area contributed by atoms with Crippen molar-refractivity contribution < 1.29 is 4.21 Å². The third-order valence-corrected chi connectivity index (χ3v) is 8.98. The molecule has 2 atom stereocenters. The number of aryl methyl sites for hydroxylation is 1. The normalized spacial score (nSPS) is 17.9. The van der Waals surface area contributed by atoms with E-state index in [-0.39, 0.29) is 17.4 Å². The highest BCUT2D eigenvalue weighted by molar-refractivity contribution is 7.98. The van der Waals surface area contributed by atoms with Crippen LogP contribution in [0.4, 0.5) is 5.82 Å². The van der Waals surface area contributed by atoms with E-state index in [1.807, 2.05) is 19.1 Å². The molecule has 0 spiro atoms. The van der Waals surface area contributed by atoms with Crippen LogP contribution in [0.2, 0.25) is 0 Å². The Morgan fingerprint density at radius 1 is 1.13 bits per heavy atom. The third kappa shape index (κ3) is 4.92. The molecule has 0 saturated heterocycles. The molecule has 2 saturated carbocycles. The summed E-state index contributed by atoms with van der Waals surface area (Å²) in [4.78, 5) is 37.5. The molecule has 4 aromatic rings. The molecule has 2 fully saturated rings. The lowest BCUT2D eigenvalue weighted by molar-refractivity contribution is 0.222. The number of hydrogen-bond donors (Lipinski definition) is 2. The Balaban J connectivity index is 1.41. The first-order chi connectivity index (χ1) is 18.7. The maximum atomic E-state index is 13.9. The van der Waals surface area contributed by atoms with Crippen LogP contribution in [0.25, 0.3) is 22.6 Å². The summed E-state index contributed by atoms with van der Waals surface area (Å²) < 4.78 is 13.8. The zero-order chi connectivity index (χ0) is 27.3. The molecule has 3 heterocycles. The number of aromatic nitrogens is 6. The summed E-state index contributed by atoms with van der Waals surface area (Å²) >= 11 is 0. The molecular weight excluding hydrogens is 512 g/mol. The monoisotopic (exact) mass is 544 g/mol. The van der Waals surface area contributed by atoms with E-state index in [9.17, 15) is 9.00 Å². The lowest BCUT2D eigenvalue weighted by Crippen LogP contribution is -2.33. The minimum absolute atomic E-state index is 0.0369. The first kappa shape index (κ1) is 25.6. The van der Waals surface area contributed by atoms with Gasteiger partial charge in [0.25, 0.3) is 5.56 Å². The van der Waals surface area contributed by atoms with Crippen LogP contribution in [-0.2, 0) is 16.3 Å². The van der Waals surface area contributed by atoms with Gasteiger partial charge in [-0.05, 0) is 69.0 Å². The molecule has 0 aliphatic heterocycles. The highest BCUT2D eigenvalue weighted by Gasteiger charge is 2.31. The van der Waals surface area contributed by atoms with Crippen molar-refractivity contribution in [3.8, 4) is 11.4 Å². The van der Waals surface area contributed by atoms with Gasteiger partial charge >= 0.3 is 0 Å². The molecule has 1 aromatic carbocycles. The minimum Gasteiger partial charge on any atom is -0.361 e. The van der Waals surface area contributed by atoms with Gasteiger partial charge in [-0.25, -0.2) is 29.1 Å². The van der Waals surface area contributed by atoms with E-state index in [0.29, 0.717) is 40.3 Å². The third-order valence-electron chi connectivity index (χ3n) is 7.91. The van der Waals surface area contributed by atoms with E-state index in [4.69, 9.17) is 10.1 Å². The number of fused-ring (bicyclic) bond motifs is 1. The standard InChI is InChI=1S/C28H32N8O2S/c1-16-23(24(20-9-10-20)33-15-32-16)25-31-14-22-27(35-25)36(17(2)19-5-4-6-19)28(37)26(34-22)30-13-18-7-11-21(12-8-18)39(3,29)38/h7-8,11-12,14-15,17,19-20H,3-6,9-10,13H2,1-2H3,(H2,29,38)(H,30,34)/t17-,39?/m0/s1. The van der Waals surface area contributed by atoms with Crippen LogP contribution in [0.3, 0.4) is 0 Å². The molecular formula is C28H32N8O2S. The lowest BCUT2D eigenvalue weighted by Gasteiger charge is -2.33. The van der Waals surface area contributed by atoms with Crippen LogP contribution in [0.5, 0.6) is 0 Å². The average molecular weight is 545 g/mol. The molecule has 1 unspecified atom stereocenters. The summed E-state index contributed by atoms with van der Waals surface area (Å²) in [5, 5.41) is 8.84. The van der Waals surface area contributed by atoms with Crippen molar-refractivity contribution in [3.05, 3.63) is 64.1 Å². The van der Waals surface area contributed by atoms with Gasteiger partial charge in [-0.15, -0.1) is 0 Å². The van der Waals surface area contributed by atoms with Crippen LogP contribution in [0.1, 0.15) is 67.9 Å². The molecule has 3 N–H and O–H groups in total. The predicted molar refractivity (Wildman–Crippen MR) is 153 cm³/mol. The maximum absolute atomic E-state index is 13.9. The van der Waals surface area contributed by atoms with E-state index in [1.54, 1.807) is 29.2 Å². The number of nitrogens with zero attached hydrogens (tertiary/aromatic N) is 6. The van der Waals surface area contributed by atoms with Crippen molar-refractivity contribution in [1.29, 1.82) is 0 Å². The Morgan fingerprint density at radius 2 is 1.87 bits per heavy atom. The van der Waals surface area contributed by atoms with E-state index in [0.717, 1.165) is 48.2 Å². The van der Waals surface area contributed by atoms with Crippen molar-refractivity contribution in [3.63, 3.8) is 0 Å². The molecule has 10 nitrogen and oxygen atoms in total. The lowest BCUT2D eigenvalue weighted by atomic mass is 9.80. The fourth-order valence-corrected chi connectivity index (χ4v) is 5.80. The molecule has 11 heteroatoms. The average Bonchev–Trinajstić information content (AvgIpc) is 3.71. The molecule has 202 valence electrons. The Hall–Kier alpha value is -3.70. The molecule has 3 aromatic heterocycles. The molecule has 2 aliphatic rings. The van der Waals surface area contributed by atoms with Crippen LogP contribution < -0.4 is 16.0 Å². The molecule has 6 rings (SSSR count). The fraction of sp³-hybridized carbons (Fsp3) is 0.393. The minimum atomic E-state index is -2.78. The van der Waals surface area contributed by atoms with Gasteiger partial charge in [0.05, 0.1) is 32.9 Å². The van der Waals surface area contributed by atoms with Gasteiger partial charge in [0.2, 0.25) is 0 Å². The summed E-state index contributed by atoms with van der Waals surface area (Å²) in [6, 6.07) is 6.97. The molecule has 0 radical (unpaired) electrons. The summed E-state index contributed by atoms with van der Waals surface area (Å²) in [5.41, 5.74) is 4.40. The van der Waals surface area contributed by atoms with Gasteiger partial charge in [0.1, 0.15) is 11.8 Å². The number of nitrogens with two attached hydrogens (primary N) is 1. The number of nitrogens with one attached hydrogen (secondary N) is 1. The molecule has 0 bridgehead atoms. The number of benzene rings is 1. The van der Waals surface area contributed by atoms with E-state index in [2.05, 4.69) is 38.0 Å². The highest BCUT2D eigenvalue weighted by Crippen LogP contribution is 2.43. The quantitative estimate of drug-likeness (QED) is 0.320. The smallest absolute Gasteiger partial charge is 0.295 e. The first-order valence-corrected chi connectivity index (χ1v) is 15.1. The van der Waals surface area contributed by atoms with Gasteiger partial charge in [-0.3, -0.25) is 14.5 Å². The first-order valence-electron chi connectivity index (χ1n) is 13.3. The summed E-state index contributed by atoms with van der Waals surface area (Å²) in [6.45, 7) is 4.39. The molecule has 2 aliphatic carbocycles. The van der Waals surface area contributed by atoms with Crippen LogP contribution in [0, 0.1) is 12.8 Å². The Kier molecular flexibility index (Phi) is 6.43.